The van der Waals surface area contributed by atoms with Crippen LogP contribution in [0.3, 0.4) is 0 Å². The molecule has 0 atom stereocenters. The van der Waals surface area contributed by atoms with Crippen molar-refractivity contribution in [3.63, 3.8) is 0 Å². The van der Waals surface area contributed by atoms with E-state index in [0.717, 1.165) is 44.3 Å². The van der Waals surface area contributed by atoms with Crippen LogP contribution in [0.2, 0.25) is 0 Å². The van der Waals surface area contributed by atoms with Crippen LogP contribution in [0.5, 0.6) is 0 Å². The third-order valence-corrected chi connectivity index (χ3v) is 2.72. The Labute approximate surface area is 96.2 Å². The number of nitrogens with one attached hydrogen (secondary N) is 1. The summed E-state index contributed by atoms with van der Waals surface area (Å²) >= 11 is 0. The summed E-state index contributed by atoms with van der Waals surface area (Å²) in [5.74, 6) is 0.984. The molecule has 0 unspecified atom stereocenters. The molecule has 5 heteroatoms. The van der Waals surface area contributed by atoms with Gasteiger partial charge in [0.25, 0.3) is 0 Å². The highest BCUT2D eigenvalue weighted by molar-refractivity contribution is 5.80. The van der Waals surface area contributed by atoms with Crippen molar-refractivity contribution in [3.8, 4) is 0 Å². The van der Waals surface area contributed by atoms with Gasteiger partial charge in [-0.05, 0) is 19.4 Å². The van der Waals surface area contributed by atoms with Crippen molar-refractivity contribution in [1.82, 2.24) is 20.0 Å². The Morgan fingerprint density at radius 1 is 1.50 bits per heavy atom. The van der Waals surface area contributed by atoms with Crippen LogP contribution in [-0.4, -0.2) is 40.8 Å². The third kappa shape index (κ3) is 2.53. The molecule has 0 radical (unpaired) electrons. The zero-order valence-corrected chi connectivity index (χ0v) is 9.98. The second kappa shape index (κ2) is 5.01. The summed E-state index contributed by atoms with van der Waals surface area (Å²) in [6, 6.07) is 2.04. The normalized spacial score (nSPS) is 16.1. The van der Waals surface area contributed by atoms with Crippen molar-refractivity contribution in [3.05, 3.63) is 18.0 Å². The number of guanidine groups is 1. The maximum Gasteiger partial charge on any atom is 0.193 e. The van der Waals surface area contributed by atoms with Gasteiger partial charge < -0.3 is 10.2 Å². The Kier molecular flexibility index (Phi) is 3.44. The van der Waals surface area contributed by atoms with E-state index in [2.05, 4.69) is 34.3 Å². The summed E-state index contributed by atoms with van der Waals surface area (Å²) < 4.78 is 1.93. The minimum absolute atomic E-state index is 0.746. The van der Waals surface area contributed by atoms with Gasteiger partial charge >= 0.3 is 0 Å². The van der Waals surface area contributed by atoms with E-state index in [1.165, 1.54) is 0 Å². The molecule has 0 amide bonds. The molecule has 0 saturated carbocycles. The Morgan fingerprint density at radius 2 is 2.38 bits per heavy atom. The van der Waals surface area contributed by atoms with Crippen molar-refractivity contribution in [2.75, 3.05) is 20.1 Å². The Bertz CT molecular complexity index is 368. The Balaban J connectivity index is 1.89. The molecule has 1 aliphatic rings. The van der Waals surface area contributed by atoms with Crippen LogP contribution in [0.4, 0.5) is 0 Å². The molecular formula is C11H19N5. The van der Waals surface area contributed by atoms with Gasteiger partial charge in [0.15, 0.2) is 5.96 Å². The Hall–Kier alpha value is -1.52. The molecule has 1 aromatic rings. The SMILES string of the molecule is CCn1ccc(CNC2=NCCCN2C)n1. The van der Waals surface area contributed by atoms with Gasteiger partial charge in [0.05, 0.1) is 12.2 Å². The molecule has 0 spiro atoms. The van der Waals surface area contributed by atoms with Crippen LogP contribution in [0.25, 0.3) is 0 Å². The first-order valence-corrected chi connectivity index (χ1v) is 5.81. The lowest BCUT2D eigenvalue weighted by molar-refractivity contribution is 0.445. The fourth-order valence-corrected chi connectivity index (χ4v) is 1.75. The van der Waals surface area contributed by atoms with Gasteiger partial charge in [0.2, 0.25) is 0 Å². The fraction of sp³-hybridized carbons (Fsp3) is 0.636. The van der Waals surface area contributed by atoms with Gasteiger partial charge in [-0.3, -0.25) is 9.67 Å². The summed E-state index contributed by atoms with van der Waals surface area (Å²) in [5.41, 5.74) is 1.06. The van der Waals surface area contributed by atoms with E-state index in [1.54, 1.807) is 0 Å². The van der Waals surface area contributed by atoms with E-state index in [9.17, 15) is 0 Å². The van der Waals surface area contributed by atoms with E-state index in [4.69, 9.17) is 0 Å². The molecular weight excluding hydrogens is 202 g/mol. The first-order valence-electron chi connectivity index (χ1n) is 5.81. The van der Waals surface area contributed by atoms with Crippen molar-refractivity contribution >= 4 is 5.96 Å². The number of aromatic nitrogens is 2. The number of hydrogen-bond donors (Lipinski definition) is 1. The molecule has 1 aromatic heterocycles. The van der Waals surface area contributed by atoms with Crippen molar-refractivity contribution < 1.29 is 0 Å². The number of nitrogens with zero attached hydrogens (tertiary/aromatic N) is 4. The molecule has 16 heavy (non-hydrogen) atoms. The lowest BCUT2D eigenvalue weighted by atomic mass is 10.3. The molecule has 0 aliphatic carbocycles. The van der Waals surface area contributed by atoms with Gasteiger partial charge in [0.1, 0.15) is 0 Å². The van der Waals surface area contributed by atoms with Crippen LogP contribution in [0.15, 0.2) is 17.3 Å². The zero-order chi connectivity index (χ0) is 11.4. The largest absolute Gasteiger partial charge is 0.351 e. The molecule has 0 aromatic carbocycles. The highest BCUT2D eigenvalue weighted by Crippen LogP contribution is 2.00. The van der Waals surface area contributed by atoms with Crippen molar-refractivity contribution in [2.45, 2.75) is 26.4 Å². The second-order valence-electron chi connectivity index (χ2n) is 4.00. The van der Waals surface area contributed by atoms with E-state index >= 15 is 0 Å². The summed E-state index contributed by atoms with van der Waals surface area (Å²) in [6.07, 6.45) is 3.15. The number of hydrogen-bond acceptors (Lipinski definition) is 4. The van der Waals surface area contributed by atoms with Gasteiger partial charge in [-0.15, -0.1) is 0 Å². The van der Waals surface area contributed by atoms with Gasteiger partial charge in [-0.25, -0.2) is 0 Å². The van der Waals surface area contributed by atoms with Crippen LogP contribution in [0.1, 0.15) is 19.0 Å². The van der Waals surface area contributed by atoms with Crippen LogP contribution >= 0.6 is 0 Å². The van der Waals surface area contributed by atoms with Crippen LogP contribution < -0.4 is 5.32 Å². The predicted octanol–water partition coefficient (Wildman–Crippen LogP) is 0.684. The van der Waals surface area contributed by atoms with Crippen LogP contribution in [0, 0.1) is 0 Å². The smallest absolute Gasteiger partial charge is 0.193 e. The average Bonchev–Trinajstić information content (AvgIpc) is 2.76. The monoisotopic (exact) mass is 221 g/mol. The molecule has 1 N–H and O–H groups in total. The standard InChI is InChI=1S/C11H19N5/c1-3-16-8-5-10(14-16)9-13-11-12-6-4-7-15(11)2/h5,8H,3-4,6-7,9H2,1-2H3,(H,12,13). The van der Waals surface area contributed by atoms with E-state index in [-0.39, 0.29) is 0 Å². The molecule has 5 nitrogen and oxygen atoms in total. The lowest BCUT2D eigenvalue weighted by Gasteiger charge is -2.25. The van der Waals surface area contributed by atoms with Gasteiger partial charge in [0, 0.05) is 32.9 Å². The maximum absolute atomic E-state index is 4.45. The topological polar surface area (TPSA) is 45.5 Å². The van der Waals surface area contributed by atoms with Crippen molar-refractivity contribution in [2.24, 2.45) is 4.99 Å². The third-order valence-electron chi connectivity index (χ3n) is 2.72. The number of aliphatic imine (C=N–C) groups is 1. The lowest BCUT2D eigenvalue weighted by Crippen LogP contribution is -2.41. The average molecular weight is 221 g/mol. The minimum atomic E-state index is 0.746. The molecule has 88 valence electrons. The van der Waals surface area contributed by atoms with E-state index < -0.39 is 0 Å². The minimum Gasteiger partial charge on any atom is -0.351 e. The molecule has 2 rings (SSSR count). The molecule has 1 aliphatic heterocycles. The molecule has 2 heterocycles. The highest BCUT2D eigenvalue weighted by atomic mass is 15.3. The quantitative estimate of drug-likeness (QED) is 0.816. The fourth-order valence-electron chi connectivity index (χ4n) is 1.75. The van der Waals surface area contributed by atoms with Crippen LogP contribution in [-0.2, 0) is 13.1 Å². The maximum atomic E-state index is 4.45. The highest BCUT2D eigenvalue weighted by Gasteiger charge is 2.10. The van der Waals surface area contributed by atoms with Gasteiger partial charge in [-0.2, -0.15) is 5.10 Å². The van der Waals surface area contributed by atoms with Gasteiger partial charge in [-0.1, -0.05) is 0 Å². The molecule has 0 saturated heterocycles. The molecule has 0 bridgehead atoms. The molecule has 0 fully saturated rings. The van der Waals surface area contributed by atoms with Crippen molar-refractivity contribution in [1.29, 1.82) is 0 Å². The second-order valence-corrected chi connectivity index (χ2v) is 4.00. The number of aryl methyl sites for hydroxylation is 1. The predicted molar refractivity (Wildman–Crippen MR) is 64.3 cm³/mol. The number of rotatable bonds is 3. The summed E-state index contributed by atoms with van der Waals surface area (Å²) in [7, 11) is 2.07. The first-order chi connectivity index (χ1) is 7.79. The Morgan fingerprint density at radius 3 is 3.06 bits per heavy atom. The zero-order valence-electron chi connectivity index (χ0n) is 9.98. The summed E-state index contributed by atoms with van der Waals surface area (Å²) in [5, 5.41) is 7.74. The van der Waals surface area contributed by atoms with E-state index in [1.807, 2.05) is 16.9 Å². The van der Waals surface area contributed by atoms with E-state index in [0.29, 0.717) is 0 Å². The summed E-state index contributed by atoms with van der Waals surface area (Å²) in [6.45, 7) is 5.76. The summed E-state index contributed by atoms with van der Waals surface area (Å²) in [4.78, 5) is 6.60. The first kappa shape index (κ1) is 11.0.